The average molecular weight is 375 g/mol. The Morgan fingerprint density at radius 1 is 1.11 bits per heavy atom. The number of hydrogen-bond acceptors (Lipinski definition) is 4. The Labute approximate surface area is 163 Å². The largest absolute Gasteiger partial charge is 0.330 e. The van der Waals surface area contributed by atoms with E-state index in [9.17, 15) is 14.4 Å². The van der Waals surface area contributed by atoms with Crippen LogP contribution in [0.1, 0.15) is 52.1 Å². The van der Waals surface area contributed by atoms with E-state index < -0.39 is 17.9 Å². The molecule has 6 nitrogen and oxygen atoms in total. The van der Waals surface area contributed by atoms with Gasteiger partial charge in [-0.25, -0.2) is 0 Å². The maximum Gasteiger partial charge on any atom is 0.262 e. The van der Waals surface area contributed by atoms with Gasteiger partial charge in [0.15, 0.2) is 0 Å². The second kappa shape index (κ2) is 7.38. The van der Waals surface area contributed by atoms with Crippen LogP contribution in [-0.4, -0.2) is 45.1 Å². The van der Waals surface area contributed by atoms with Gasteiger partial charge in [0.2, 0.25) is 5.91 Å². The van der Waals surface area contributed by atoms with Crippen molar-refractivity contribution < 1.29 is 14.4 Å². The summed E-state index contributed by atoms with van der Waals surface area (Å²) in [6.07, 6.45) is 8.49. The molecule has 0 radical (unpaired) electrons. The molecule has 3 amide bonds. The minimum atomic E-state index is -0.821. The Bertz CT molecular complexity index is 920. The fraction of sp³-hybridized carbons (Fsp3) is 0.273. The fourth-order valence-corrected chi connectivity index (χ4v) is 3.95. The van der Waals surface area contributed by atoms with Crippen molar-refractivity contribution in [3.63, 3.8) is 0 Å². The van der Waals surface area contributed by atoms with E-state index in [1.807, 2.05) is 31.2 Å². The third kappa shape index (κ3) is 2.91. The normalized spacial score (nSPS) is 19.7. The van der Waals surface area contributed by atoms with Crippen molar-refractivity contribution in [1.29, 1.82) is 0 Å². The maximum absolute atomic E-state index is 13.5. The van der Waals surface area contributed by atoms with Crippen molar-refractivity contribution in [3.8, 4) is 0 Å². The van der Waals surface area contributed by atoms with Crippen molar-refractivity contribution in [1.82, 2.24) is 14.8 Å². The van der Waals surface area contributed by atoms with Gasteiger partial charge in [-0.2, -0.15) is 0 Å². The second-order valence-corrected chi connectivity index (χ2v) is 6.95. The van der Waals surface area contributed by atoms with Gasteiger partial charge in [0.25, 0.3) is 11.8 Å². The number of fused-ring (bicyclic) bond motifs is 1. The smallest absolute Gasteiger partial charge is 0.262 e. The predicted molar refractivity (Wildman–Crippen MR) is 103 cm³/mol. The summed E-state index contributed by atoms with van der Waals surface area (Å²) < 4.78 is 0. The molecule has 0 fully saturated rings. The van der Waals surface area contributed by atoms with E-state index in [1.165, 1.54) is 0 Å². The molecule has 2 aliphatic heterocycles. The van der Waals surface area contributed by atoms with Gasteiger partial charge in [-0.1, -0.05) is 37.3 Å². The molecule has 2 aliphatic rings. The maximum atomic E-state index is 13.5. The van der Waals surface area contributed by atoms with Crippen molar-refractivity contribution in [3.05, 3.63) is 77.6 Å². The van der Waals surface area contributed by atoms with Crippen LogP contribution in [0.5, 0.6) is 0 Å². The standard InChI is InChI=1S/C22H21N3O3/c1-2-18(25-20(26)16-9-3-4-10-17(16)21(25)27)22(28)24-13-6-5-11-19(24)15-8-7-12-23-14-15/h3-10,12,14,18-19H,2,11,13H2,1H3/t18?,19-/m0/s1. The van der Waals surface area contributed by atoms with Gasteiger partial charge < -0.3 is 4.90 Å². The summed E-state index contributed by atoms with van der Waals surface area (Å²) in [5.74, 6) is -1.01. The Hall–Kier alpha value is -3.28. The first-order valence-corrected chi connectivity index (χ1v) is 9.45. The SMILES string of the molecule is CCC(C(=O)N1CC=CC[C@H]1c1cccnc1)N1C(=O)c2ccccc2C1=O. The number of aromatic nitrogens is 1. The summed E-state index contributed by atoms with van der Waals surface area (Å²) in [6, 6.07) is 9.53. The molecule has 0 bridgehead atoms. The molecule has 1 unspecified atom stereocenters. The van der Waals surface area contributed by atoms with Gasteiger partial charge >= 0.3 is 0 Å². The lowest BCUT2D eigenvalue weighted by Crippen LogP contribution is -2.52. The second-order valence-electron chi connectivity index (χ2n) is 6.95. The summed E-state index contributed by atoms with van der Waals surface area (Å²) in [5, 5.41) is 0. The van der Waals surface area contributed by atoms with Gasteiger partial charge in [-0.15, -0.1) is 0 Å². The molecule has 4 rings (SSSR count). The van der Waals surface area contributed by atoms with E-state index in [0.29, 0.717) is 30.5 Å². The Kier molecular flexibility index (Phi) is 4.77. The number of amides is 3. The molecule has 6 heteroatoms. The number of nitrogens with zero attached hydrogens (tertiary/aromatic N) is 3. The summed E-state index contributed by atoms with van der Waals surface area (Å²) >= 11 is 0. The van der Waals surface area contributed by atoms with Crippen molar-refractivity contribution in [2.75, 3.05) is 6.54 Å². The monoisotopic (exact) mass is 375 g/mol. The van der Waals surface area contributed by atoms with Gasteiger partial charge in [-0.3, -0.25) is 24.3 Å². The van der Waals surface area contributed by atoms with E-state index in [2.05, 4.69) is 4.98 Å². The lowest BCUT2D eigenvalue weighted by molar-refractivity contribution is -0.137. The van der Waals surface area contributed by atoms with Crippen molar-refractivity contribution >= 4 is 17.7 Å². The van der Waals surface area contributed by atoms with Crippen molar-refractivity contribution in [2.45, 2.75) is 31.8 Å². The summed E-state index contributed by atoms with van der Waals surface area (Å²) in [5.41, 5.74) is 1.67. The highest BCUT2D eigenvalue weighted by Crippen LogP contribution is 2.31. The van der Waals surface area contributed by atoms with Crippen LogP contribution >= 0.6 is 0 Å². The van der Waals surface area contributed by atoms with Crippen LogP contribution in [-0.2, 0) is 4.79 Å². The average Bonchev–Trinajstić information content (AvgIpc) is 3.00. The van der Waals surface area contributed by atoms with Crippen LogP contribution in [0.4, 0.5) is 0 Å². The van der Waals surface area contributed by atoms with Gasteiger partial charge in [0.05, 0.1) is 17.2 Å². The number of hydrogen-bond donors (Lipinski definition) is 0. The van der Waals surface area contributed by atoms with Crippen LogP contribution in [0.2, 0.25) is 0 Å². The highest BCUT2D eigenvalue weighted by molar-refractivity contribution is 6.22. The van der Waals surface area contributed by atoms with Crippen LogP contribution in [0, 0.1) is 0 Å². The molecule has 0 saturated heterocycles. The first-order valence-electron chi connectivity index (χ1n) is 9.45. The van der Waals surface area contributed by atoms with E-state index in [0.717, 1.165) is 10.5 Å². The van der Waals surface area contributed by atoms with Gasteiger partial charge in [0.1, 0.15) is 6.04 Å². The minimum Gasteiger partial charge on any atom is -0.330 e. The van der Waals surface area contributed by atoms with Crippen LogP contribution < -0.4 is 0 Å². The molecular weight excluding hydrogens is 354 g/mol. The first kappa shape index (κ1) is 18.1. The first-order chi connectivity index (χ1) is 13.6. The highest BCUT2D eigenvalue weighted by Gasteiger charge is 2.44. The molecule has 0 aliphatic carbocycles. The Morgan fingerprint density at radius 3 is 2.43 bits per heavy atom. The molecule has 3 heterocycles. The summed E-state index contributed by atoms with van der Waals surface area (Å²) in [4.78, 5) is 46.2. The van der Waals surface area contributed by atoms with Crippen LogP contribution in [0.3, 0.4) is 0 Å². The third-order valence-corrected chi connectivity index (χ3v) is 5.37. The molecule has 0 N–H and O–H groups in total. The molecule has 28 heavy (non-hydrogen) atoms. The van der Waals surface area contributed by atoms with E-state index in [4.69, 9.17) is 0 Å². The van der Waals surface area contributed by atoms with E-state index >= 15 is 0 Å². The number of pyridine rings is 1. The zero-order valence-corrected chi connectivity index (χ0v) is 15.6. The Balaban J connectivity index is 1.65. The van der Waals surface area contributed by atoms with Gasteiger partial charge in [0, 0.05) is 18.9 Å². The van der Waals surface area contributed by atoms with Crippen LogP contribution in [0.25, 0.3) is 0 Å². The zero-order valence-electron chi connectivity index (χ0n) is 15.6. The summed E-state index contributed by atoms with van der Waals surface area (Å²) in [7, 11) is 0. The van der Waals surface area contributed by atoms with Crippen molar-refractivity contribution in [2.24, 2.45) is 0 Å². The molecule has 0 spiro atoms. The van der Waals surface area contributed by atoms with E-state index in [-0.39, 0.29) is 11.9 Å². The molecule has 2 aromatic rings. The third-order valence-electron chi connectivity index (χ3n) is 5.37. The number of carbonyl (C=O) groups is 3. The minimum absolute atomic E-state index is 0.157. The number of rotatable bonds is 4. The molecule has 1 aromatic heterocycles. The van der Waals surface area contributed by atoms with Crippen LogP contribution in [0.15, 0.2) is 60.9 Å². The highest BCUT2D eigenvalue weighted by atomic mass is 16.2. The lowest BCUT2D eigenvalue weighted by atomic mass is 9.99. The van der Waals surface area contributed by atoms with Gasteiger partial charge in [-0.05, 0) is 36.6 Å². The molecule has 0 saturated carbocycles. The number of imide groups is 1. The molecular formula is C22H21N3O3. The number of carbonyl (C=O) groups excluding carboxylic acids is 3. The fourth-order valence-electron chi connectivity index (χ4n) is 3.95. The molecule has 142 valence electrons. The molecule has 2 atom stereocenters. The molecule has 1 aromatic carbocycles. The lowest BCUT2D eigenvalue weighted by Gasteiger charge is -2.37. The quantitative estimate of drug-likeness (QED) is 0.608. The predicted octanol–water partition coefficient (Wildman–Crippen LogP) is 2.99. The topological polar surface area (TPSA) is 70.6 Å². The Morgan fingerprint density at radius 2 is 1.82 bits per heavy atom. The van der Waals surface area contributed by atoms with E-state index in [1.54, 1.807) is 41.6 Å². The zero-order chi connectivity index (χ0) is 19.7. The summed E-state index contributed by atoms with van der Waals surface area (Å²) in [6.45, 7) is 2.27. The number of benzene rings is 1.